The fourth-order valence-corrected chi connectivity index (χ4v) is 2.27. The standard InChI is InChI=1S/C14H20BNO4/c1-14(2,3)20-13(17)16-8-10(9-16)11-6-4-5-7-12(11)15(18)19/h4-7,10,18-19H,8-9H2,1-3H3. The highest BCUT2D eigenvalue weighted by atomic mass is 16.6. The molecule has 1 amide bonds. The molecule has 6 heteroatoms. The molecular weight excluding hydrogens is 257 g/mol. The second-order valence-electron chi connectivity index (χ2n) is 6.08. The highest BCUT2D eigenvalue weighted by molar-refractivity contribution is 6.59. The van der Waals surface area contributed by atoms with Crippen LogP contribution < -0.4 is 5.46 Å². The lowest BCUT2D eigenvalue weighted by Crippen LogP contribution is -2.52. The molecule has 0 unspecified atom stereocenters. The normalized spacial score (nSPS) is 15.8. The number of benzene rings is 1. The molecule has 2 N–H and O–H groups in total. The van der Waals surface area contributed by atoms with Crippen molar-refractivity contribution in [2.24, 2.45) is 0 Å². The van der Waals surface area contributed by atoms with Gasteiger partial charge in [0.25, 0.3) is 0 Å². The van der Waals surface area contributed by atoms with E-state index in [4.69, 9.17) is 4.74 Å². The highest BCUT2D eigenvalue weighted by Gasteiger charge is 2.36. The molecule has 0 aliphatic carbocycles. The molecule has 1 fully saturated rings. The van der Waals surface area contributed by atoms with E-state index in [9.17, 15) is 14.8 Å². The zero-order valence-corrected chi connectivity index (χ0v) is 12.0. The summed E-state index contributed by atoms with van der Waals surface area (Å²) in [6.45, 7) is 6.58. The van der Waals surface area contributed by atoms with Crippen LogP contribution in [0.15, 0.2) is 24.3 Å². The number of carbonyl (C=O) groups is 1. The minimum absolute atomic E-state index is 0.125. The van der Waals surface area contributed by atoms with Gasteiger partial charge in [-0.15, -0.1) is 0 Å². The van der Waals surface area contributed by atoms with Crippen LogP contribution in [0.2, 0.25) is 0 Å². The number of nitrogens with zero attached hydrogens (tertiary/aromatic N) is 1. The summed E-state index contributed by atoms with van der Waals surface area (Å²) in [4.78, 5) is 13.5. The number of likely N-dealkylation sites (tertiary alicyclic amines) is 1. The number of carbonyl (C=O) groups excluding carboxylic acids is 1. The number of ether oxygens (including phenoxy) is 1. The average Bonchev–Trinajstić information content (AvgIpc) is 2.24. The van der Waals surface area contributed by atoms with Crippen molar-refractivity contribution in [3.63, 3.8) is 0 Å². The van der Waals surface area contributed by atoms with Crippen molar-refractivity contribution in [3.8, 4) is 0 Å². The van der Waals surface area contributed by atoms with E-state index >= 15 is 0 Å². The molecule has 0 saturated carbocycles. The molecule has 20 heavy (non-hydrogen) atoms. The lowest BCUT2D eigenvalue weighted by Gasteiger charge is -2.40. The summed E-state index contributed by atoms with van der Waals surface area (Å²) in [7, 11) is -1.48. The fraction of sp³-hybridized carbons (Fsp3) is 0.500. The zero-order chi connectivity index (χ0) is 14.9. The molecule has 2 rings (SSSR count). The maximum Gasteiger partial charge on any atom is 0.488 e. The van der Waals surface area contributed by atoms with Gasteiger partial charge in [-0.2, -0.15) is 0 Å². The van der Waals surface area contributed by atoms with Gasteiger partial charge in [0.05, 0.1) is 0 Å². The predicted octanol–water partition coefficient (Wildman–Crippen LogP) is 0.701. The number of rotatable bonds is 2. The van der Waals surface area contributed by atoms with Crippen LogP contribution in [-0.2, 0) is 4.74 Å². The van der Waals surface area contributed by atoms with Gasteiger partial charge in [-0.25, -0.2) is 4.79 Å². The number of hydrogen-bond donors (Lipinski definition) is 2. The molecule has 0 bridgehead atoms. The minimum Gasteiger partial charge on any atom is -0.444 e. The molecule has 1 aromatic carbocycles. The third-order valence-electron chi connectivity index (χ3n) is 3.25. The summed E-state index contributed by atoms with van der Waals surface area (Å²) >= 11 is 0. The largest absolute Gasteiger partial charge is 0.488 e. The summed E-state index contributed by atoms with van der Waals surface area (Å²) < 4.78 is 5.29. The molecule has 0 spiro atoms. The molecule has 0 atom stereocenters. The van der Waals surface area contributed by atoms with Crippen LogP contribution in [0.25, 0.3) is 0 Å². The first-order chi connectivity index (χ1) is 9.28. The molecule has 108 valence electrons. The maximum absolute atomic E-state index is 11.8. The Kier molecular flexibility index (Phi) is 4.06. The van der Waals surface area contributed by atoms with Crippen LogP contribution in [0.3, 0.4) is 0 Å². The Morgan fingerprint density at radius 2 is 1.90 bits per heavy atom. The molecule has 1 aromatic rings. The van der Waals surface area contributed by atoms with Gasteiger partial charge in [-0.1, -0.05) is 24.3 Å². The van der Waals surface area contributed by atoms with Gasteiger partial charge in [0.15, 0.2) is 0 Å². The molecular formula is C14H20BNO4. The Morgan fingerprint density at radius 3 is 2.45 bits per heavy atom. The van der Waals surface area contributed by atoms with Gasteiger partial charge in [0.1, 0.15) is 5.60 Å². The van der Waals surface area contributed by atoms with Gasteiger partial charge < -0.3 is 19.7 Å². The van der Waals surface area contributed by atoms with Crippen molar-refractivity contribution >= 4 is 18.7 Å². The van der Waals surface area contributed by atoms with Crippen molar-refractivity contribution in [1.29, 1.82) is 0 Å². The van der Waals surface area contributed by atoms with E-state index in [2.05, 4.69) is 0 Å². The highest BCUT2D eigenvalue weighted by Crippen LogP contribution is 2.27. The van der Waals surface area contributed by atoms with Crippen LogP contribution in [-0.4, -0.2) is 46.9 Å². The van der Waals surface area contributed by atoms with Gasteiger partial charge >= 0.3 is 13.2 Å². The van der Waals surface area contributed by atoms with Crippen LogP contribution in [0.5, 0.6) is 0 Å². The second kappa shape index (κ2) is 5.46. The zero-order valence-electron chi connectivity index (χ0n) is 12.0. The van der Waals surface area contributed by atoms with Crippen LogP contribution in [0, 0.1) is 0 Å². The predicted molar refractivity (Wildman–Crippen MR) is 76.8 cm³/mol. The molecule has 1 aliphatic heterocycles. The third-order valence-corrected chi connectivity index (χ3v) is 3.25. The summed E-state index contributed by atoms with van der Waals surface area (Å²) in [6, 6.07) is 7.18. The third kappa shape index (κ3) is 3.32. The average molecular weight is 277 g/mol. The maximum atomic E-state index is 11.8. The van der Waals surface area contributed by atoms with E-state index in [1.54, 1.807) is 17.0 Å². The number of amides is 1. The van der Waals surface area contributed by atoms with Crippen molar-refractivity contribution in [1.82, 2.24) is 4.90 Å². The van der Waals surface area contributed by atoms with Gasteiger partial charge in [-0.05, 0) is 31.8 Å². The Bertz CT molecular complexity index is 492. The summed E-state index contributed by atoms with van der Waals surface area (Å²) in [5.74, 6) is 0.125. The molecule has 1 aliphatic rings. The van der Waals surface area contributed by atoms with Gasteiger partial charge in [-0.3, -0.25) is 0 Å². The molecule has 1 saturated heterocycles. The van der Waals surface area contributed by atoms with E-state index < -0.39 is 12.7 Å². The van der Waals surface area contributed by atoms with E-state index in [1.165, 1.54) is 0 Å². The second-order valence-corrected chi connectivity index (χ2v) is 6.08. The minimum atomic E-state index is -1.48. The van der Waals surface area contributed by atoms with Crippen molar-refractivity contribution < 1.29 is 19.6 Å². The Labute approximate surface area is 119 Å². The topological polar surface area (TPSA) is 70.0 Å². The van der Waals surface area contributed by atoms with E-state index in [0.29, 0.717) is 18.6 Å². The Hall–Kier alpha value is -1.53. The van der Waals surface area contributed by atoms with Gasteiger partial charge in [0, 0.05) is 19.0 Å². The van der Waals surface area contributed by atoms with Crippen molar-refractivity contribution in [3.05, 3.63) is 29.8 Å². The Morgan fingerprint density at radius 1 is 1.30 bits per heavy atom. The lowest BCUT2D eigenvalue weighted by atomic mass is 9.72. The first-order valence-electron chi connectivity index (χ1n) is 6.71. The van der Waals surface area contributed by atoms with Crippen LogP contribution in [0.4, 0.5) is 4.79 Å². The van der Waals surface area contributed by atoms with Crippen molar-refractivity contribution in [2.75, 3.05) is 13.1 Å². The molecule has 5 nitrogen and oxygen atoms in total. The summed E-state index contributed by atoms with van der Waals surface area (Å²) in [5, 5.41) is 18.7. The SMILES string of the molecule is CC(C)(C)OC(=O)N1CC(c2ccccc2B(O)O)C1. The lowest BCUT2D eigenvalue weighted by molar-refractivity contribution is 0.00826. The summed E-state index contributed by atoms with van der Waals surface area (Å²) in [6.07, 6.45) is -0.323. The first kappa shape index (κ1) is 14.9. The van der Waals surface area contributed by atoms with E-state index in [-0.39, 0.29) is 12.0 Å². The van der Waals surface area contributed by atoms with Gasteiger partial charge in [0.2, 0.25) is 0 Å². The smallest absolute Gasteiger partial charge is 0.444 e. The summed E-state index contributed by atoms with van der Waals surface area (Å²) in [5.41, 5.74) is 0.880. The monoisotopic (exact) mass is 277 g/mol. The Balaban J connectivity index is 1.99. The quantitative estimate of drug-likeness (QED) is 0.781. The molecule has 0 radical (unpaired) electrons. The van der Waals surface area contributed by atoms with Crippen LogP contribution in [0.1, 0.15) is 32.3 Å². The van der Waals surface area contributed by atoms with Crippen molar-refractivity contribution in [2.45, 2.75) is 32.3 Å². The first-order valence-corrected chi connectivity index (χ1v) is 6.71. The molecule has 1 heterocycles. The molecule has 0 aromatic heterocycles. The fourth-order valence-electron chi connectivity index (χ4n) is 2.27. The van der Waals surface area contributed by atoms with Crippen LogP contribution >= 0.6 is 0 Å². The number of hydrogen-bond acceptors (Lipinski definition) is 4. The van der Waals surface area contributed by atoms with E-state index in [1.807, 2.05) is 32.9 Å². The van der Waals surface area contributed by atoms with E-state index in [0.717, 1.165) is 5.56 Å².